The van der Waals surface area contributed by atoms with Crippen LogP contribution in [0.25, 0.3) is 0 Å². The molecule has 1 amide bonds. The van der Waals surface area contributed by atoms with Crippen LogP contribution in [0.4, 0.5) is 0 Å². The highest BCUT2D eigenvalue weighted by Crippen LogP contribution is 2.36. The average molecular weight is 262 g/mol. The number of halogens is 1. The van der Waals surface area contributed by atoms with E-state index >= 15 is 0 Å². The lowest BCUT2D eigenvalue weighted by atomic mass is 10.1. The highest BCUT2D eigenvalue weighted by molar-refractivity contribution is 9.09. The summed E-state index contributed by atoms with van der Waals surface area (Å²) in [5.41, 5.74) is 0. The van der Waals surface area contributed by atoms with Gasteiger partial charge in [-0.1, -0.05) is 29.8 Å². The molecule has 0 radical (unpaired) electrons. The number of alkyl halides is 1. The van der Waals surface area contributed by atoms with Crippen molar-refractivity contribution in [2.45, 2.75) is 44.4 Å². The average Bonchev–Trinajstić information content (AvgIpc) is 2.99. The lowest BCUT2D eigenvalue weighted by Gasteiger charge is -2.12. The van der Waals surface area contributed by atoms with E-state index in [1.54, 1.807) is 0 Å². The fraction of sp³-hybridized carbons (Fsp3) is 0.909. The molecule has 3 heteroatoms. The molecule has 2 unspecified atom stereocenters. The van der Waals surface area contributed by atoms with Gasteiger partial charge >= 0.3 is 0 Å². The zero-order valence-electron chi connectivity index (χ0n) is 9.05. The highest BCUT2D eigenvalue weighted by Gasteiger charge is 2.32. The van der Waals surface area contributed by atoms with Gasteiger partial charge in [0.1, 0.15) is 0 Å². The Bertz CT molecular complexity index is 192. The van der Waals surface area contributed by atoms with E-state index in [1.807, 2.05) is 6.92 Å². The van der Waals surface area contributed by atoms with Crippen molar-refractivity contribution in [2.75, 3.05) is 6.54 Å². The van der Waals surface area contributed by atoms with Gasteiger partial charge in [0.05, 0.1) is 0 Å². The Morgan fingerprint density at radius 2 is 2.21 bits per heavy atom. The molecule has 0 aliphatic heterocycles. The smallest absolute Gasteiger partial charge is 0.223 e. The fourth-order valence-corrected chi connectivity index (χ4v) is 1.76. The molecule has 0 spiro atoms. The van der Waals surface area contributed by atoms with E-state index < -0.39 is 0 Å². The van der Waals surface area contributed by atoms with Crippen molar-refractivity contribution in [1.29, 1.82) is 0 Å². The summed E-state index contributed by atoms with van der Waals surface area (Å²) in [4.78, 5) is 12.1. The lowest BCUT2D eigenvalue weighted by molar-refractivity contribution is -0.125. The molecule has 0 aromatic rings. The van der Waals surface area contributed by atoms with E-state index in [-0.39, 0.29) is 11.8 Å². The van der Waals surface area contributed by atoms with Crippen molar-refractivity contribution in [3.8, 4) is 0 Å². The van der Waals surface area contributed by atoms with Crippen molar-refractivity contribution in [3.63, 3.8) is 0 Å². The normalized spacial score (nSPS) is 20.2. The third-order valence-electron chi connectivity index (χ3n) is 2.94. The third-order valence-corrected chi connectivity index (χ3v) is 4.05. The van der Waals surface area contributed by atoms with Gasteiger partial charge in [0.2, 0.25) is 5.91 Å². The molecule has 0 saturated heterocycles. The zero-order chi connectivity index (χ0) is 10.6. The van der Waals surface area contributed by atoms with Crippen LogP contribution in [0, 0.1) is 11.8 Å². The lowest BCUT2D eigenvalue weighted by Crippen LogP contribution is -2.31. The minimum atomic E-state index is 0.227. The molecule has 1 fully saturated rings. The van der Waals surface area contributed by atoms with Gasteiger partial charge in [-0.25, -0.2) is 0 Å². The van der Waals surface area contributed by atoms with Crippen molar-refractivity contribution in [2.24, 2.45) is 11.8 Å². The zero-order valence-corrected chi connectivity index (χ0v) is 10.6. The Kier molecular flexibility index (Phi) is 4.93. The maximum absolute atomic E-state index is 11.6. The summed E-state index contributed by atoms with van der Waals surface area (Å²) in [5.74, 6) is 1.13. The first-order valence-corrected chi connectivity index (χ1v) is 6.48. The van der Waals surface area contributed by atoms with E-state index in [9.17, 15) is 4.79 Å². The van der Waals surface area contributed by atoms with Gasteiger partial charge in [0.25, 0.3) is 0 Å². The van der Waals surface area contributed by atoms with Gasteiger partial charge in [-0.05, 0) is 31.6 Å². The summed E-state index contributed by atoms with van der Waals surface area (Å²) in [5, 5.41) is 3.00. The predicted octanol–water partition coefficient (Wildman–Crippen LogP) is 2.71. The van der Waals surface area contributed by atoms with Crippen LogP contribution in [-0.4, -0.2) is 17.3 Å². The van der Waals surface area contributed by atoms with Crippen LogP contribution in [0.2, 0.25) is 0 Å². The SMILES string of the molecule is CCC(Br)CCNC(=O)C(C)C1CC1. The summed E-state index contributed by atoms with van der Waals surface area (Å²) >= 11 is 3.55. The second-order valence-corrected chi connectivity index (χ2v) is 5.51. The van der Waals surface area contributed by atoms with Gasteiger partial charge in [-0.3, -0.25) is 4.79 Å². The maximum Gasteiger partial charge on any atom is 0.223 e. The molecule has 1 aliphatic rings. The Labute approximate surface area is 95.0 Å². The van der Waals surface area contributed by atoms with Crippen LogP contribution in [0.5, 0.6) is 0 Å². The van der Waals surface area contributed by atoms with E-state index in [0.29, 0.717) is 10.7 Å². The van der Waals surface area contributed by atoms with Crippen LogP contribution in [0.3, 0.4) is 0 Å². The van der Waals surface area contributed by atoms with Gasteiger partial charge in [-0.2, -0.15) is 0 Å². The Morgan fingerprint density at radius 1 is 1.57 bits per heavy atom. The Hall–Kier alpha value is -0.0500. The van der Waals surface area contributed by atoms with Crippen LogP contribution in [0.1, 0.15) is 39.5 Å². The summed E-state index contributed by atoms with van der Waals surface area (Å²) in [7, 11) is 0. The van der Waals surface area contributed by atoms with Gasteiger partial charge in [0.15, 0.2) is 0 Å². The second kappa shape index (κ2) is 5.74. The van der Waals surface area contributed by atoms with Crippen molar-refractivity contribution < 1.29 is 4.79 Å². The number of carbonyl (C=O) groups excluding carboxylic acids is 1. The van der Waals surface area contributed by atoms with Crippen molar-refractivity contribution in [1.82, 2.24) is 5.32 Å². The molecule has 0 heterocycles. The van der Waals surface area contributed by atoms with Crippen molar-refractivity contribution in [3.05, 3.63) is 0 Å². The first kappa shape index (κ1) is 12.0. The molecule has 1 N–H and O–H groups in total. The first-order valence-electron chi connectivity index (χ1n) is 5.57. The number of nitrogens with one attached hydrogen (secondary N) is 1. The topological polar surface area (TPSA) is 29.1 Å². The number of amides is 1. The number of hydrogen-bond donors (Lipinski definition) is 1. The molecule has 0 bridgehead atoms. The summed E-state index contributed by atoms with van der Waals surface area (Å²) in [6.45, 7) is 4.99. The van der Waals surface area contributed by atoms with E-state index in [2.05, 4.69) is 28.2 Å². The Balaban J connectivity index is 2.08. The molecule has 1 rings (SSSR count). The molecule has 1 saturated carbocycles. The first-order chi connectivity index (χ1) is 6.65. The highest BCUT2D eigenvalue weighted by atomic mass is 79.9. The van der Waals surface area contributed by atoms with Crippen LogP contribution in [-0.2, 0) is 4.79 Å². The van der Waals surface area contributed by atoms with E-state index in [1.165, 1.54) is 12.8 Å². The van der Waals surface area contributed by atoms with Gasteiger partial charge < -0.3 is 5.32 Å². The van der Waals surface area contributed by atoms with Crippen LogP contribution < -0.4 is 5.32 Å². The third kappa shape index (κ3) is 3.99. The second-order valence-electron chi connectivity index (χ2n) is 4.21. The molecular weight excluding hydrogens is 242 g/mol. The summed E-state index contributed by atoms with van der Waals surface area (Å²) in [6, 6.07) is 0. The largest absolute Gasteiger partial charge is 0.356 e. The molecule has 2 nitrogen and oxygen atoms in total. The number of rotatable bonds is 6. The molecule has 2 atom stereocenters. The molecule has 0 aromatic heterocycles. The van der Waals surface area contributed by atoms with Crippen molar-refractivity contribution >= 4 is 21.8 Å². The summed E-state index contributed by atoms with van der Waals surface area (Å²) in [6.07, 6.45) is 4.63. The molecule has 0 aromatic carbocycles. The fourth-order valence-electron chi connectivity index (χ4n) is 1.53. The molecular formula is C11H20BrNO. The molecule has 14 heavy (non-hydrogen) atoms. The number of hydrogen-bond acceptors (Lipinski definition) is 1. The van der Waals surface area contributed by atoms with Crippen LogP contribution >= 0.6 is 15.9 Å². The minimum Gasteiger partial charge on any atom is -0.356 e. The quantitative estimate of drug-likeness (QED) is 0.733. The van der Waals surface area contributed by atoms with Gasteiger partial charge in [0, 0.05) is 17.3 Å². The monoisotopic (exact) mass is 261 g/mol. The summed E-state index contributed by atoms with van der Waals surface area (Å²) < 4.78 is 0. The molecule has 82 valence electrons. The molecule has 1 aliphatic carbocycles. The minimum absolute atomic E-state index is 0.227. The standard InChI is InChI=1S/C11H20BrNO/c1-3-10(12)6-7-13-11(14)8(2)9-4-5-9/h8-10H,3-7H2,1-2H3,(H,13,14). The number of carbonyl (C=O) groups is 1. The van der Waals surface area contributed by atoms with Crippen LogP contribution in [0.15, 0.2) is 0 Å². The predicted molar refractivity (Wildman–Crippen MR) is 62.5 cm³/mol. The van der Waals surface area contributed by atoms with Gasteiger partial charge in [-0.15, -0.1) is 0 Å². The van der Waals surface area contributed by atoms with E-state index in [4.69, 9.17) is 0 Å². The maximum atomic E-state index is 11.6. The van der Waals surface area contributed by atoms with E-state index in [0.717, 1.165) is 19.4 Å². The Morgan fingerprint density at radius 3 is 2.71 bits per heavy atom.